The van der Waals surface area contributed by atoms with Crippen molar-refractivity contribution < 1.29 is 18.3 Å². The van der Waals surface area contributed by atoms with E-state index in [2.05, 4.69) is 34.6 Å². The van der Waals surface area contributed by atoms with E-state index in [-0.39, 0.29) is 17.8 Å². The summed E-state index contributed by atoms with van der Waals surface area (Å²) in [5.74, 6) is 0.692. The van der Waals surface area contributed by atoms with Crippen molar-refractivity contribution in [2.75, 3.05) is 0 Å². The highest BCUT2D eigenvalue weighted by molar-refractivity contribution is 5.25. The summed E-state index contributed by atoms with van der Waals surface area (Å²) >= 11 is 0. The topological polar surface area (TPSA) is 20.2 Å². The average molecular weight is 457 g/mol. The van der Waals surface area contributed by atoms with Crippen LogP contribution in [0.3, 0.4) is 0 Å². The molecule has 0 heterocycles. The first-order chi connectivity index (χ1) is 15.0. The second kappa shape index (κ2) is 14.3. The first-order valence-corrected chi connectivity index (χ1v) is 12.9. The molecule has 0 aromatic heterocycles. The zero-order valence-corrected chi connectivity index (χ0v) is 21.1. The van der Waals surface area contributed by atoms with Crippen LogP contribution in [0.25, 0.3) is 0 Å². The number of rotatable bonds is 16. The first kappa shape index (κ1) is 29.0. The molecule has 0 radical (unpaired) electrons. The van der Waals surface area contributed by atoms with Gasteiger partial charge in [-0.2, -0.15) is 13.2 Å². The minimum Gasteiger partial charge on any atom is -0.389 e. The average Bonchev–Trinajstić information content (AvgIpc) is 2.73. The highest BCUT2D eigenvalue weighted by Gasteiger charge is 2.41. The van der Waals surface area contributed by atoms with Crippen LogP contribution < -0.4 is 0 Å². The highest BCUT2D eigenvalue weighted by atomic mass is 19.4. The molecular weight excluding hydrogens is 409 g/mol. The number of benzene rings is 1. The van der Waals surface area contributed by atoms with Gasteiger partial charge in [0.15, 0.2) is 0 Å². The van der Waals surface area contributed by atoms with Crippen molar-refractivity contribution in [1.29, 1.82) is 0 Å². The quantitative estimate of drug-likeness (QED) is 0.246. The van der Waals surface area contributed by atoms with Crippen LogP contribution in [0.1, 0.15) is 116 Å². The smallest absolute Gasteiger partial charge is 0.389 e. The van der Waals surface area contributed by atoms with E-state index in [1.54, 1.807) is 6.07 Å². The van der Waals surface area contributed by atoms with Gasteiger partial charge in [-0.1, -0.05) is 104 Å². The van der Waals surface area contributed by atoms with Crippen molar-refractivity contribution in [3.8, 4) is 0 Å². The molecule has 0 aliphatic carbocycles. The zero-order chi connectivity index (χ0) is 24.2. The molecule has 186 valence electrons. The van der Waals surface area contributed by atoms with E-state index in [1.165, 1.54) is 50.7 Å². The van der Waals surface area contributed by atoms with Gasteiger partial charge in [-0.05, 0) is 55.1 Å². The molecule has 1 nitrogen and oxygen atoms in total. The van der Waals surface area contributed by atoms with E-state index in [0.29, 0.717) is 6.42 Å². The molecule has 0 fully saturated rings. The van der Waals surface area contributed by atoms with E-state index >= 15 is 0 Å². The van der Waals surface area contributed by atoms with Gasteiger partial charge in [-0.15, -0.1) is 0 Å². The van der Waals surface area contributed by atoms with Gasteiger partial charge in [0.2, 0.25) is 0 Å². The summed E-state index contributed by atoms with van der Waals surface area (Å²) in [6.07, 6.45) is 8.86. The van der Waals surface area contributed by atoms with Crippen molar-refractivity contribution >= 4 is 0 Å². The Morgan fingerprint density at radius 2 is 1.31 bits per heavy atom. The Labute approximate surface area is 195 Å². The Kier molecular flexibility index (Phi) is 12.9. The van der Waals surface area contributed by atoms with Gasteiger partial charge in [0, 0.05) is 0 Å². The van der Waals surface area contributed by atoms with E-state index in [4.69, 9.17) is 0 Å². The minimum absolute atomic E-state index is 0.206. The van der Waals surface area contributed by atoms with Crippen molar-refractivity contribution in [2.24, 2.45) is 17.8 Å². The van der Waals surface area contributed by atoms with E-state index < -0.39 is 17.3 Å². The van der Waals surface area contributed by atoms with Crippen LogP contribution in [0.2, 0.25) is 0 Å². The fourth-order valence-electron chi connectivity index (χ4n) is 5.19. The van der Waals surface area contributed by atoms with E-state index in [9.17, 15) is 18.3 Å². The molecule has 1 aromatic rings. The van der Waals surface area contributed by atoms with Crippen LogP contribution in [-0.2, 0) is 12.6 Å². The van der Waals surface area contributed by atoms with Crippen molar-refractivity contribution in [3.05, 3.63) is 35.4 Å². The fourth-order valence-corrected chi connectivity index (χ4v) is 5.19. The predicted octanol–water partition coefficient (Wildman–Crippen LogP) is 9.22. The molecule has 1 aromatic carbocycles. The summed E-state index contributed by atoms with van der Waals surface area (Å²) in [6.45, 7) is 10.7. The van der Waals surface area contributed by atoms with Gasteiger partial charge < -0.3 is 5.11 Å². The summed E-state index contributed by atoms with van der Waals surface area (Å²) in [5.41, 5.74) is -0.470. The molecule has 0 saturated carbocycles. The van der Waals surface area contributed by atoms with E-state index in [0.717, 1.165) is 43.7 Å². The number of unbranched alkanes of at least 4 members (excludes halogenated alkanes) is 7. The van der Waals surface area contributed by atoms with Gasteiger partial charge in [-0.25, -0.2) is 0 Å². The largest absolute Gasteiger partial charge is 0.416 e. The van der Waals surface area contributed by atoms with E-state index in [1.807, 2.05) is 0 Å². The summed E-state index contributed by atoms with van der Waals surface area (Å²) < 4.78 is 38.7. The molecule has 1 N–H and O–H groups in total. The van der Waals surface area contributed by atoms with Gasteiger partial charge in [-0.3, -0.25) is 0 Å². The van der Waals surface area contributed by atoms with Gasteiger partial charge >= 0.3 is 6.18 Å². The summed E-state index contributed by atoms with van der Waals surface area (Å²) in [6, 6.07) is 5.69. The van der Waals surface area contributed by atoms with Crippen LogP contribution in [0.5, 0.6) is 0 Å². The molecule has 0 spiro atoms. The number of hydrogen-bond donors (Lipinski definition) is 1. The molecule has 0 aliphatic rings. The Balaban J connectivity index is 2.58. The monoisotopic (exact) mass is 456 g/mol. The Morgan fingerprint density at radius 1 is 0.781 bits per heavy atom. The lowest BCUT2D eigenvalue weighted by Crippen LogP contribution is -2.47. The lowest BCUT2D eigenvalue weighted by Gasteiger charge is -2.43. The van der Waals surface area contributed by atoms with Crippen molar-refractivity contribution in [1.82, 2.24) is 0 Å². The third-order valence-electron chi connectivity index (χ3n) is 7.18. The van der Waals surface area contributed by atoms with Crippen LogP contribution in [-0.4, -0.2) is 10.7 Å². The van der Waals surface area contributed by atoms with Crippen molar-refractivity contribution in [3.63, 3.8) is 0 Å². The van der Waals surface area contributed by atoms with Crippen LogP contribution in [0, 0.1) is 17.8 Å². The van der Waals surface area contributed by atoms with Gasteiger partial charge in [0.1, 0.15) is 0 Å². The van der Waals surface area contributed by atoms with Gasteiger partial charge in [0.25, 0.3) is 0 Å². The summed E-state index contributed by atoms with van der Waals surface area (Å²) in [5, 5.41) is 11.6. The third-order valence-corrected chi connectivity index (χ3v) is 7.18. The van der Waals surface area contributed by atoms with Crippen molar-refractivity contribution in [2.45, 2.75) is 123 Å². The molecule has 0 bridgehead atoms. The lowest BCUT2D eigenvalue weighted by atomic mass is 9.68. The van der Waals surface area contributed by atoms with Crippen LogP contribution >= 0.6 is 0 Å². The fraction of sp³-hybridized carbons (Fsp3) is 0.786. The predicted molar refractivity (Wildman–Crippen MR) is 130 cm³/mol. The minimum atomic E-state index is -4.28. The molecule has 0 saturated heterocycles. The molecular formula is C28H47F3O. The van der Waals surface area contributed by atoms with Crippen LogP contribution in [0.15, 0.2) is 24.3 Å². The maximum absolute atomic E-state index is 12.9. The molecule has 0 amide bonds. The zero-order valence-electron chi connectivity index (χ0n) is 21.1. The molecule has 32 heavy (non-hydrogen) atoms. The molecule has 1 atom stereocenters. The Morgan fingerprint density at radius 3 is 1.84 bits per heavy atom. The summed E-state index contributed by atoms with van der Waals surface area (Å²) in [7, 11) is 0. The third kappa shape index (κ3) is 9.45. The number of alkyl halides is 3. The molecule has 0 aliphatic heterocycles. The molecule has 4 heteroatoms. The maximum atomic E-state index is 12.9. The first-order valence-electron chi connectivity index (χ1n) is 12.9. The number of aliphatic hydroxyl groups is 1. The maximum Gasteiger partial charge on any atom is 0.416 e. The Hall–Kier alpha value is -1.03. The molecule has 1 rings (SSSR count). The standard InChI is InChI=1S/C28H47F3O/c1-6-7-8-9-10-13-18-25(27(32,22(2)3)23(4)5)19-14-11-12-16-24-17-15-20-26(21-24)28(29,30)31/h15,17,20-23,25,32H,6-14,16,18-19H2,1-5H3. The Bertz CT molecular complexity index is 613. The number of halogens is 3. The highest BCUT2D eigenvalue weighted by Crippen LogP contribution is 2.39. The lowest BCUT2D eigenvalue weighted by molar-refractivity contribution is -0.137. The normalized spacial score (nSPS) is 13.8. The number of aryl methyl sites for hydroxylation is 1. The second-order valence-corrected chi connectivity index (χ2v) is 10.2. The molecule has 1 unspecified atom stereocenters. The SMILES string of the molecule is CCCCCCCCC(CCCCCc1cccc(C(F)(F)F)c1)C(O)(C(C)C)C(C)C. The van der Waals surface area contributed by atoms with Gasteiger partial charge in [0.05, 0.1) is 11.2 Å². The summed E-state index contributed by atoms with van der Waals surface area (Å²) in [4.78, 5) is 0. The van der Waals surface area contributed by atoms with Crippen LogP contribution in [0.4, 0.5) is 13.2 Å². The number of hydrogen-bond acceptors (Lipinski definition) is 1. The second-order valence-electron chi connectivity index (χ2n) is 10.2.